The molecule has 2 N–H and O–H groups in total. The molecule has 0 unspecified atom stereocenters. The Balaban J connectivity index is 1.92. The average molecular weight is 396 g/mol. The number of benzene rings is 1. The molecular weight excluding hydrogens is 364 g/mol. The fourth-order valence-electron chi connectivity index (χ4n) is 4.40. The second-order valence-electron chi connectivity index (χ2n) is 9.35. The van der Waals surface area contributed by atoms with E-state index in [1.807, 2.05) is 4.68 Å². The van der Waals surface area contributed by atoms with Gasteiger partial charge in [-0.3, -0.25) is 4.79 Å². The van der Waals surface area contributed by atoms with Gasteiger partial charge in [-0.2, -0.15) is 0 Å². The highest BCUT2D eigenvalue weighted by Crippen LogP contribution is 2.24. The minimum Gasteiger partial charge on any atom is -0.322 e. The van der Waals surface area contributed by atoms with Crippen molar-refractivity contribution in [1.82, 2.24) is 25.2 Å². The fourth-order valence-corrected chi connectivity index (χ4v) is 4.40. The number of hydrogen-bond acceptors (Lipinski definition) is 4. The van der Waals surface area contributed by atoms with E-state index in [1.165, 1.54) is 22.4 Å². The van der Waals surface area contributed by atoms with Crippen molar-refractivity contribution in [2.24, 2.45) is 0 Å². The monoisotopic (exact) mass is 395 g/mol. The highest BCUT2D eigenvalue weighted by Gasteiger charge is 2.37. The van der Waals surface area contributed by atoms with Crippen molar-refractivity contribution in [3.8, 4) is 0 Å². The largest absolute Gasteiger partial charge is 0.322 e. The third-order valence-corrected chi connectivity index (χ3v) is 6.09. The van der Waals surface area contributed by atoms with E-state index in [9.17, 15) is 4.79 Å². The maximum absolute atomic E-state index is 13.2. The lowest BCUT2D eigenvalue weighted by molar-refractivity contribution is -0.931. The quantitative estimate of drug-likeness (QED) is 0.711. The molecule has 4 rings (SSSR count). The minimum absolute atomic E-state index is 0.0488. The van der Waals surface area contributed by atoms with Crippen molar-refractivity contribution < 1.29 is 4.90 Å². The number of likely N-dealkylation sites (tertiary alicyclic amines) is 1. The zero-order chi connectivity index (χ0) is 20.8. The van der Waals surface area contributed by atoms with Gasteiger partial charge in [0.15, 0.2) is 6.04 Å². The number of nitrogens with zero attached hydrogens (tertiary/aromatic N) is 4. The Labute approximate surface area is 171 Å². The molecule has 2 aromatic heterocycles. The molecule has 3 heterocycles. The molecular formula is C22H31N6O+. The first-order valence-electron chi connectivity index (χ1n) is 10.5. The first kappa shape index (κ1) is 19.8. The van der Waals surface area contributed by atoms with Crippen LogP contribution in [0.3, 0.4) is 0 Å². The summed E-state index contributed by atoms with van der Waals surface area (Å²) in [5, 5.41) is 13.7. The van der Waals surface area contributed by atoms with Crippen molar-refractivity contribution in [1.29, 1.82) is 0 Å². The Bertz CT molecular complexity index is 1080. The van der Waals surface area contributed by atoms with Crippen molar-refractivity contribution in [2.45, 2.75) is 65.5 Å². The van der Waals surface area contributed by atoms with Crippen molar-refractivity contribution in [3.05, 3.63) is 51.1 Å². The van der Waals surface area contributed by atoms with Gasteiger partial charge in [-0.1, -0.05) is 0 Å². The summed E-state index contributed by atoms with van der Waals surface area (Å²) in [6.45, 7) is 12.5. The zero-order valence-corrected chi connectivity index (χ0v) is 18.0. The van der Waals surface area contributed by atoms with Crippen LogP contribution in [0.15, 0.2) is 23.0 Å². The van der Waals surface area contributed by atoms with Gasteiger partial charge in [-0.25, -0.2) is 4.68 Å². The molecule has 154 valence electrons. The molecule has 0 spiro atoms. The van der Waals surface area contributed by atoms with Crippen molar-refractivity contribution >= 4 is 10.9 Å². The Morgan fingerprint density at radius 3 is 2.45 bits per heavy atom. The number of hydrogen-bond donors (Lipinski definition) is 2. The van der Waals surface area contributed by atoms with Crippen LogP contribution in [0.5, 0.6) is 0 Å². The van der Waals surface area contributed by atoms with Gasteiger partial charge in [0.05, 0.1) is 24.2 Å². The van der Waals surface area contributed by atoms with E-state index in [2.05, 4.69) is 73.3 Å². The van der Waals surface area contributed by atoms with E-state index < -0.39 is 0 Å². The molecule has 0 bridgehead atoms. The van der Waals surface area contributed by atoms with Gasteiger partial charge in [0.1, 0.15) is 0 Å². The maximum Gasteiger partial charge on any atom is 0.258 e. The number of tetrazole rings is 1. The molecule has 1 aliphatic rings. The lowest BCUT2D eigenvalue weighted by atomic mass is 9.98. The smallest absolute Gasteiger partial charge is 0.258 e. The Morgan fingerprint density at radius 2 is 1.76 bits per heavy atom. The molecule has 7 heteroatoms. The first-order chi connectivity index (χ1) is 13.8. The van der Waals surface area contributed by atoms with E-state index in [1.54, 1.807) is 0 Å². The molecule has 1 saturated heterocycles. The molecule has 1 atom stereocenters. The predicted octanol–water partition coefficient (Wildman–Crippen LogP) is 2.04. The second-order valence-corrected chi connectivity index (χ2v) is 9.35. The van der Waals surface area contributed by atoms with Gasteiger partial charge < -0.3 is 9.88 Å². The predicted molar refractivity (Wildman–Crippen MR) is 113 cm³/mol. The molecule has 1 fully saturated rings. The van der Waals surface area contributed by atoms with Gasteiger partial charge in [-0.05, 0) is 99.0 Å². The van der Waals surface area contributed by atoms with E-state index in [-0.39, 0.29) is 17.1 Å². The van der Waals surface area contributed by atoms with Gasteiger partial charge in [0, 0.05) is 5.52 Å². The summed E-state index contributed by atoms with van der Waals surface area (Å²) in [6.07, 6.45) is 3.56. The number of quaternary nitrogens is 1. The van der Waals surface area contributed by atoms with Crippen LogP contribution in [-0.4, -0.2) is 38.3 Å². The third kappa shape index (κ3) is 3.71. The highest BCUT2D eigenvalue weighted by molar-refractivity contribution is 5.80. The number of piperidine rings is 1. The van der Waals surface area contributed by atoms with Gasteiger partial charge >= 0.3 is 0 Å². The number of aryl methyl sites for hydroxylation is 2. The normalized spacial score (nSPS) is 17.0. The van der Waals surface area contributed by atoms with Crippen LogP contribution in [0.1, 0.15) is 68.6 Å². The SMILES string of the molecule is Cc1cc2cc([C@H](c3nnnn3C(C)(C)C)[NH+]3CCCCC3)c(=O)[nH]c2cc1C. The van der Waals surface area contributed by atoms with Gasteiger partial charge in [0.25, 0.3) is 5.56 Å². The molecule has 29 heavy (non-hydrogen) atoms. The summed E-state index contributed by atoms with van der Waals surface area (Å²) in [6, 6.07) is 6.07. The molecule has 0 amide bonds. The summed E-state index contributed by atoms with van der Waals surface area (Å²) in [5.74, 6) is 0.767. The average Bonchev–Trinajstić information content (AvgIpc) is 3.15. The molecule has 1 aliphatic heterocycles. The number of aromatic amines is 1. The first-order valence-corrected chi connectivity index (χ1v) is 10.5. The number of nitrogens with one attached hydrogen (secondary N) is 2. The van der Waals surface area contributed by atoms with Crippen LogP contribution in [-0.2, 0) is 5.54 Å². The van der Waals surface area contributed by atoms with E-state index in [0.29, 0.717) is 0 Å². The van der Waals surface area contributed by atoms with Crippen molar-refractivity contribution in [2.75, 3.05) is 13.1 Å². The lowest BCUT2D eigenvalue weighted by Crippen LogP contribution is -3.13. The summed E-state index contributed by atoms with van der Waals surface area (Å²) < 4.78 is 1.88. The summed E-state index contributed by atoms with van der Waals surface area (Å²) in [5.41, 5.74) is 3.71. The molecule has 0 aliphatic carbocycles. The zero-order valence-electron chi connectivity index (χ0n) is 18.0. The molecule has 1 aromatic carbocycles. The van der Waals surface area contributed by atoms with Crippen LogP contribution < -0.4 is 10.5 Å². The topological polar surface area (TPSA) is 80.9 Å². The minimum atomic E-state index is -0.260. The van der Waals surface area contributed by atoms with Crippen molar-refractivity contribution in [3.63, 3.8) is 0 Å². The molecule has 3 aromatic rings. The number of rotatable bonds is 3. The van der Waals surface area contributed by atoms with Gasteiger partial charge in [0.2, 0.25) is 5.82 Å². The van der Waals surface area contributed by atoms with Gasteiger partial charge in [-0.15, -0.1) is 5.10 Å². The Hall–Kier alpha value is -2.54. The third-order valence-electron chi connectivity index (χ3n) is 6.09. The molecule has 0 radical (unpaired) electrons. The summed E-state index contributed by atoms with van der Waals surface area (Å²) in [4.78, 5) is 17.7. The number of aromatic nitrogens is 5. The number of pyridine rings is 1. The van der Waals surface area contributed by atoms with E-state index in [0.717, 1.165) is 48.2 Å². The van der Waals surface area contributed by atoms with Crippen LogP contribution in [0.25, 0.3) is 10.9 Å². The summed E-state index contributed by atoms with van der Waals surface area (Å²) in [7, 11) is 0. The van der Waals surface area contributed by atoms with Crippen LogP contribution in [0.2, 0.25) is 0 Å². The standard InChI is InChI=1S/C22H30N6O/c1-14-11-16-13-17(21(29)23-18(16)12-15(14)2)19(27-9-7-6-8-10-27)20-24-25-26-28(20)22(3,4)5/h11-13,19H,6-10H2,1-5H3,(H,23,29)/p+1/t19-/m1/s1. The number of fused-ring (bicyclic) bond motifs is 1. The summed E-state index contributed by atoms with van der Waals surface area (Å²) >= 11 is 0. The lowest BCUT2D eigenvalue weighted by Gasteiger charge is -2.32. The number of H-pyrrole nitrogens is 1. The fraction of sp³-hybridized carbons (Fsp3) is 0.545. The highest BCUT2D eigenvalue weighted by atomic mass is 16.1. The van der Waals surface area contributed by atoms with E-state index >= 15 is 0 Å². The van der Waals surface area contributed by atoms with Crippen LogP contribution in [0.4, 0.5) is 0 Å². The second kappa shape index (κ2) is 7.37. The van der Waals surface area contributed by atoms with Crippen LogP contribution >= 0.6 is 0 Å². The van der Waals surface area contributed by atoms with E-state index in [4.69, 9.17) is 0 Å². The maximum atomic E-state index is 13.2. The van der Waals surface area contributed by atoms with Crippen LogP contribution in [0, 0.1) is 13.8 Å². The molecule has 7 nitrogen and oxygen atoms in total. The Morgan fingerprint density at radius 1 is 1.07 bits per heavy atom. The molecule has 0 saturated carbocycles. The Kier molecular flexibility index (Phi) is 5.02.